The van der Waals surface area contributed by atoms with Crippen molar-refractivity contribution in [3.63, 3.8) is 0 Å². The third kappa shape index (κ3) is 4.90. The van der Waals surface area contributed by atoms with Crippen molar-refractivity contribution in [1.29, 1.82) is 0 Å². The molecule has 0 radical (unpaired) electrons. The van der Waals surface area contributed by atoms with Crippen LogP contribution in [0.4, 0.5) is 5.69 Å². The van der Waals surface area contributed by atoms with Crippen molar-refractivity contribution in [1.82, 2.24) is 10.1 Å². The van der Waals surface area contributed by atoms with E-state index in [0.717, 1.165) is 5.69 Å². The standard InChI is InChI=1S/C24H26ClN3O5/c1-4-30-19-11-15(12-20(31-5-2)22(19)32-6-3)24-26-23(27-33-24)16-13-21(29)28(14-16)18-9-7-17(25)8-10-18/h7-12,16H,4-6,13-14H2,1-3H3/t16-/m1/s1. The van der Waals surface area contributed by atoms with Gasteiger partial charge < -0.3 is 23.6 Å². The molecule has 2 aromatic carbocycles. The number of carbonyl (C=O) groups excluding carboxylic acids is 1. The molecule has 0 bridgehead atoms. The van der Waals surface area contributed by atoms with E-state index in [0.29, 0.717) is 72.3 Å². The molecule has 1 aromatic heterocycles. The van der Waals surface area contributed by atoms with Gasteiger partial charge in [-0.05, 0) is 57.2 Å². The molecule has 9 heteroatoms. The number of hydrogen-bond acceptors (Lipinski definition) is 7. The van der Waals surface area contributed by atoms with Crippen molar-refractivity contribution < 1.29 is 23.5 Å². The smallest absolute Gasteiger partial charge is 0.258 e. The Bertz CT molecular complexity index is 1090. The zero-order valence-electron chi connectivity index (χ0n) is 18.8. The molecular formula is C24H26ClN3O5. The van der Waals surface area contributed by atoms with E-state index < -0.39 is 0 Å². The van der Waals surface area contributed by atoms with Crippen LogP contribution in [0.3, 0.4) is 0 Å². The van der Waals surface area contributed by atoms with Gasteiger partial charge in [0, 0.05) is 35.2 Å². The maximum Gasteiger partial charge on any atom is 0.258 e. The van der Waals surface area contributed by atoms with Gasteiger partial charge in [-0.2, -0.15) is 4.98 Å². The van der Waals surface area contributed by atoms with Crippen LogP contribution in [0.25, 0.3) is 11.5 Å². The predicted molar refractivity (Wildman–Crippen MR) is 124 cm³/mol. The highest BCUT2D eigenvalue weighted by molar-refractivity contribution is 6.30. The molecule has 1 atom stereocenters. The highest BCUT2D eigenvalue weighted by Gasteiger charge is 2.34. The van der Waals surface area contributed by atoms with Crippen molar-refractivity contribution in [3.05, 3.63) is 47.2 Å². The SMILES string of the molecule is CCOc1cc(-c2nc([C@@H]3CC(=O)N(c4ccc(Cl)cc4)C3)no2)cc(OCC)c1OCC. The Hall–Kier alpha value is -3.26. The minimum absolute atomic E-state index is 0.00649. The van der Waals surface area contributed by atoms with E-state index in [-0.39, 0.29) is 11.8 Å². The van der Waals surface area contributed by atoms with Crippen LogP contribution in [-0.2, 0) is 4.79 Å². The van der Waals surface area contributed by atoms with E-state index in [4.69, 9.17) is 30.3 Å². The summed E-state index contributed by atoms with van der Waals surface area (Å²) in [6, 6.07) is 10.8. The van der Waals surface area contributed by atoms with Crippen LogP contribution in [-0.4, -0.2) is 42.4 Å². The lowest BCUT2D eigenvalue weighted by Gasteiger charge is -2.16. The molecule has 1 saturated heterocycles. The quantitative estimate of drug-likeness (QED) is 0.428. The van der Waals surface area contributed by atoms with E-state index in [2.05, 4.69) is 10.1 Å². The Morgan fingerprint density at radius 1 is 1.03 bits per heavy atom. The van der Waals surface area contributed by atoms with Gasteiger partial charge in [-0.1, -0.05) is 16.8 Å². The molecule has 4 rings (SSSR count). The van der Waals surface area contributed by atoms with Crippen molar-refractivity contribution in [2.45, 2.75) is 33.1 Å². The van der Waals surface area contributed by atoms with Gasteiger partial charge in [0.25, 0.3) is 5.89 Å². The molecular weight excluding hydrogens is 446 g/mol. The maximum absolute atomic E-state index is 12.6. The number of amides is 1. The van der Waals surface area contributed by atoms with E-state index in [9.17, 15) is 4.79 Å². The first-order valence-corrected chi connectivity index (χ1v) is 11.4. The van der Waals surface area contributed by atoms with Crippen LogP contribution in [0.15, 0.2) is 40.9 Å². The van der Waals surface area contributed by atoms with Gasteiger partial charge in [0.15, 0.2) is 17.3 Å². The second-order valence-electron chi connectivity index (χ2n) is 7.44. The topological polar surface area (TPSA) is 86.9 Å². The van der Waals surface area contributed by atoms with E-state index >= 15 is 0 Å². The van der Waals surface area contributed by atoms with Crippen LogP contribution in [0.2, 0.25) is 5.02 Å². The van der Waals surface area contributed by atoms with E-state index in [1.165, 1.54) is 0 Å². The molecule has 1 fully saturated rings. The molecule has 1 amide bonds. The summed E-state index contributed by atoms with van der Waals surface area (Å²) in [5.41, 5.74) is 1.45. The van der Waals surface area contributed by atoms with Gasteiger partial charge in [-0.3, -0.25) is 4.79 Å². The van der Waals surface area contributed by atoms with Crippen LogP contribution in [0.1, 0.15) is 38.9 Å². The lowest BCUT2D eigenvalue weighted by Crippen LogP contribution is -2.24. The van der Waals surface area contributed by atoms with Crippen LogP contribution in [0, 0.1) is 0 Å². The zero-order chi connectivity index (χ0) is 23.4. The molecule has 1 aliphatic heterocycles. The number of rotatable bonds is 9. The summed E-state index contributed by atoms with van der Waals surface area (Å²) in [6.45, 7) is 7.58. The Kier molecular flexibility index (Phi) is 7.03. The average Bonchev–Trinajstić information content (AvgIpc) is 3.44. The van der Waals surface area contributed by atoms with Crippen molar-refractivity contribution in [2.24, 2.45) is 0 Å². The van der Waals surface area contributed by atoms with E-state index in [1.807, 2.05) is 32.9 Å². The lowest BCUT2D eigenvalue weighted by atomic mass is 10.1. The van der Waals surface area contributed by atoms with Gasteiger partial charge in [0.2, 0.25) is 11.7 Å². The number of aromatic nitrogens is 2. The number of ether oxygens (including phenoxy) is 3. The molecule has 2 heterocycles. The molecule has 174 valence electrons. The summed E-state index contributed by atoms with van der Waals surface area (Å²) in [4.78, 5) is 18.9. The number of benzene rings is 2. The lowest BCUT2D eigenvalue weighted by molar-refractivity contribution is -0.117. The summed E-state index contributed by atoms with van der Waals surface area (Å²) in [5, 5.41) is 4.79. The molecule has 0 N–H and O–H groups in total. The maximum atomic E-state index is 12.6. The van der Waals surface area contributed by atoms with Crippen LogP contribution < -0.4 is 19.1 Å². The normalized spacial score (nSPS) is 15.7. The molecule has 0 unspecified atom stereocenters. The minimum Gasteiger partial charge on any atom is -0.490 e. The van der Waals surface area contributed by atoms with Crippen molar-refractivity contribution in [3.8, 4) is 28.7 Å². The molecule has 1 aliphatic rings. The number of hydrogen-bond donors (Lipinski definition) is 0. The fraction of sp³-hybridized carbons (Fsp3) is 0.375. The van der Waals surface area contributed by atoms with Gasteiger partial charge in [-0.25, -0.2) is 0 Å². The molecule has 33 heavy (non-hydrogen) atoms. The first kappa shape index (κ1) is 22.9. The first-order chi connectivity index (χ1) is 16.0. The Balaban J connectivity index is 1.60. The highest BCUT2D eigenvalue weighted by atomic mass is 35.5. The third-order valence-electron chi connectivity index (χ3n) is 5.23. The second-order valence-corrected chi connectivity index (χ2v) is 7.88. The predicted octanol–water partition coefficient (Wildman–Crippen LogP) is 5.11. The fourth-order valence-corrected chi connectivity index (χ4v) is 3.91. The Morgan fingerprint density at radius 2 is 1.67 bits per heavy atom. The summed E-state index contributed by atoms with van der Waals surface area (Å²) in [5.74, 6) is 2.28. The third-order valence-corrected chi connectivity index (χ3v) is 5.48. The summed E-state index contributed by atoms with van der Waals surface area (Å²) >= 11 is 5.97. The minimum atomic E-state index is -0.175. The average molecular weight is 472 g/mol. The number of halogens is 1. The Morgan fingerprint density at radius 3 is 2.27 bits per heavy atom. The van der Waals surface area contributed by atoms with Crippen molar-refractivity contribution >= 4 is 23.2 Å². The molecule has 8 nitrogen and oxygen atoms in total. The van der Waals surface area contributed by atoms with Gasteiger partial charge in [0.1, 0.15) is 0 Å². The van der Waals surface area contributed by atoms with Crippen LogP contribution >= 0.6 is 11.6 Å². The monoisotopic (exact) mass is 471 g/mol. The first-order valence-electron chi connectivity index (χ1n) is 11.0. The van der Waals surface area contributed by atoms with Gasteiger partial charge in [-0.15, -0.1) is 0 Å². The number of anilines is 1. The van der Waals surface area contributed by atoms with Crippen molar-refractivity contribution in [2.75, 3.05) is 31.3 Å². The summed E-state index contributed by atoms with van der Waals surface area (Å²) < 4.78 is 22.9. The zero-order valence-corrected chi connectivity index (χ0v) is 19.6. The molecule has 3 aromatic rings. The highest BCUT2D eigenvalue weighted by Crippen LogP contribution is 2.42. The van der Waals surface area contributed by atoms with Crippen LogP contribution in [0.5, 0.6) is 17.2 Å². The summed E-state index contributed by atoms with van der Waals surface area (Å²) in [6.07, 6.45) is 0.305. The molecule has 0 saturated carbocycles. The van der Waals surface area contributed by atoms with Gasteiger partial charge >= 0.3 is 0 Å². The Labute approximate surface area is 197 Å². The largest absolute Gasteiger partial charge is 0.490 e. The number of carbonyl (C=O) groups is 1. The fourth-order valence-electron chi connectivity index (χ4n) is 3.78. The number of nitrogens with zero attached hydrogens (tertiary/aromatic N) is 3. The van der Waals surface area contributed by atoms with E-state index in [1.54, 1.807) is 29.2 Å². The second kappa shape index (κ2) is 10.1. The molecule has 0 aliphatic carbocycles. The molecule has 0 spiro atoms. The summed E-state index contributed by atoms with van der Waals surface area (Å²) in [7, 11) is 0. The van der Waals surface area contributed by atoms with Gasteiger partial charge in [0.05, 0.1) is 19.8 Å².